The number of benzene rings is 2. The Morgan fingerprint density at radius 2 is 1.70 bits per heavy atom. The van der Waals surface area contributed by atoms with Gasteiger partial charge in [-0.25, -0.2) is 4.79 Å². The number of amides is 1. The Kier molecular flexibility index (Phi) is 6.32. The van der Waals surface area contributed by atoms with Gasteiger partial charge in [0.25, 0.3) is 5.91 Å². The van der Waals surface area contributed by atoms with Gasteiger partial charge in [-0.15, -0.1) is 0 Å². The lowest BCUT2D eigenvalue weighted by molar-refractivity contribution is -0.137. The van der Waals surface area contributed by atoms with Crippen molar-refractivity contribution in [1.29, 1.82) is 0 Å². The Morgan fingerprint density at radius 3 is 2.30 bits per heavy atom. The van der Waals surface area contributed by atoms with Crippen molar-refractivity contribution in [2.45, 2.75) is 12.8 Å². The van der Waals surface area contributed by atoms with Gasteiger partial charge in [0, 0.05) is 5.69 Å². The second kappa shape index (κ2) is 8.47. The van der Waals surface area contributed by atoms with E-state index in [-0.39, 0.29) is 17.0 Å². The number of rotatable bonds is 6. The molecule has 0 aromatic heterocycles. The summed E-state index contributed by atoms with van der Waals surface area (Å²) in [6, 6.07) is 8.46. The smallest absolute Gasteiger partial charge is 0.416 e. The predicted octanol–water partition coefficient (Wildman–Crippen LogP) is 4.10. The topological polar surface area (TPSA) is 64.6 Å². The van der Waals surface area contributed by atoms with E-state index < -0.39 is 36.8 Å². The van der Waals surface area contributed by atoms with Crippen molar-refractivity contribution < 1.29 is 41.0 Å². The first-order chi connectivity index (χ1) is 12.6. The van der Waals surface area contributed by atoms with E-state index >= 15 is 0 Å². The van der Waals surface area contributed by atoms with Crippen molar-refractivity contribution in [3.05, 3.63) is 59.7 Å². The van der Waals surface area contributed by atoms with Gasteiger partial charge in [-0.05, 0) is 42.5 Å². The lowest BCUT2D eigenvalue weighted by Crippen LogP contribution is -2.21. The highest BCUT2D eigenvalue weighted by Gasteiger charge is 2.30. The third-order valence-electron chi connectivity index (χ3n) is 3.13. The lowest BCUT2D eigenvalue weighted by atomic mass is 10.2. The van der Waals surface area contributed by atoms with E-state index in [4.69, 9.17) is 4.74 Å². The molecule has 0 radical (unpaired) electrons. The first kappa shape index (κ1) is 20.1. The van der Waals surface area contributed by atoms with Crippen LogP contribution in [0.15, 0.2) is 48.5 Å². The predicted molar refractivity (Wildman–Crippen MR) is 83.4 cm³/mol. The molecule has 2 rings (SSSR count). The fraction of sp³-hybridized carbons (Fsp3) is 0.176. The molecule has 0 aliphatic heterocycles. The number of hydrogen-bond acceptors (Lipinski definition) is 4. The minimum absolute atomic E-state index is 0.0800. The summed E-state index contributed by atoms with van der Waals surface area (Å²) < 4.78 is 70.5. The first-order valence-corrected chi connectivity index (χ1v) is 7.34. The van der Waals surface area contributed by atoms with E-state index in [9.17, 15) is 31.5 Å². The summed E-state index contributed by atoms with van der Waals surface area (Å²) in [5, 5.41) is 2.26. The fourth-order valence-electron chi connectivity index (χ4n) is 1.95. The van der Waals surface area contributed by atoms with Crippen molar-refractivity contribution in [3.8, 4) is 5.75 Å². The molecule has 0 atom stereocenters. The lowest BCUT2D eigenvalue weighted by Gasteiger charge is -2.09. The van der Waals surface area contributed by atoms with E-state index in [2.05, 4.69) is 10.1 Å². The molecule has 144 valence electrons. The van der Waals surface area contributed by atoms with Crippen LogP contribution in [-0.4, -0.2) is 25.1 Å². The Labute approximate surface area is 149 Å². The third kappa shape index (κ3) is 6.24. The van der Waals surface area contributed by atoms with E-state index in [1.54, 1.807) is 0 Å². The molecule has 10 heteroatoms. The van der Waals surface area contributed by atoms with Crippen LogP contribution in [-0.2, 0) is 15.7 Å². The molecule has 5 nitrogen and oxygen atoms in total. The van der Waals surface area contributed by atoms with Crippen LogP contribution < -0.4 is 10.1 Å². The second-order valence-electron chi connectivity index (χ2n) is 5.11. The molecule has 0 aliphatic rings. The average molecular weight is 389 g/mol. The van der Waals surface area contributed by atoms with E-state index in [1.807, 2.05) is 0 Å². The number of halogens is 5. The SMILES string of the molecule is O=C(COC(=O)c1cccc(OC(F)F)c1)Nc1ccc(C(F)(F)F)cc1. The minimum Gasteiger partial charge on any atom is -0.452 e. The summed E-state index contributed by atoms with van der Waals surface area (Å²) in [5.41, 5.74) is -0.912. The Morgan fingerprint density at radius 1 is 1.04 bits per heavy atom. The zero-order valence-electron chi connectivity index (χ0n) is 13.4. The summed E-state index contributed by atoms with van der Waals surface area (Å²) in [5.74, 6) is -2.01. The Balaban J connectivity index is 1.89. The second-order valence-corrected chi connectivity index (χ2v) is 5.11. The summed E-state index contributed by atoms with van der Waals surface area (Å²) in [4.78, 5) is 23.5. The highest BCUT2D eigenvalue weighted by molar-refractivity contribution is 5.95. The number of esters is 1. The van der Waals surface area contributed by atoms with Crippen molar-refractivity contribution in [3.63, 3.8) is 0 Å². The van der Waals surface area contributed by atoms with E-state index in [1.165, 1.54) is 18.2 Å². The standard InChI is InChI=1S/C17H12F5NO4/c18-16(19)27-13-3-1-2-10(8-13)15(25)26-9-14(24)23-12-6-4-11(5-7-12)17(20,21)22/h1-8,16H,9H2,(H,23,24). The zero-order chi connectivity index (χ0) is 20.0. The number of carbonyl (C=O) groups excluding carboxylic acids is 2. The van der Waals surface area contributed by atoms with Gasteiger partial charge >= 0.3 is 18.8 Å². The van der Waals surface area contributed by atoms with Gasteiger partial charge in [-0.1, -0.05) is 6.07 Å². The average Bonchev–Trinajstić information content (AvgIpc) is 2.59. The Bertz CT molecular complexity index is 806. The third-order valence-corrected chi connectivity index (χ3v) is 3.13. The van der Waals surface area contributed by atoms with Crippen LogP contribution in [0.25, 0.3) is 0 Å². The normalized spacial score (nSPS) is 11.2. The van der Waals surface area contributed by atoms with Gasteiger partial charge in [-0.3, -0.25) is 4.79 Å². The van der Waals surface area contributed by atoms with Crippen LogP contribution in [0.5, 0.6) is 5.75 Å². The van der Waals surface area contributed by atoms with Gasteiger partial charge in [0.05, 0.1) is 11.1 Å². The van der Waals surface area contributed by atoms with Gasteiger partial charge in [0.1, 0.15) is 5.75 Å². The maximum Gasteiger partial charge on any atom is 0.416 e. The molecular formula is C17H12F5NO4. The summed E-state index contributed by atoms with van der Waals surface area (Å²) in [7, 11) is 0. The summed E-state index contributed by atoms with van der Waals surface area (Å²) >= 11 is 0. The summed E-state index contributed by atoms with van der Waals surface area (Å²) in [6.07, 6.45) is -4.50. The molecule has 27 heavy (non-hydrogen) atoms. The summed E-state index contributed by atoms with van der Waals surface area (Å²) in [6.45, 7) is -3.79. The molecule has 2 aromatic carbocycles. The number of anilines is 1. The highest BCUT2D eigenvalue weighted by atomic mass is 19.4. The molecule has 2 aromatic rings. The number of nitrogens with one attached hydrogen (secondary N) is 1. The van der Waals surface area contributed by atoms with Crippen molar-refractivity contribution >= 4 is 17.6 Å². The van der Waals surface area contributed by atoms with E-state index in [0.717, 1.165) is 30.3 Å². The maximum absolute atomic E-state index is 12.5. The molecule has 0 spiro atoms. The first-order valence-electron chi connectivity index (χ1n) is 7.34. The van der Waals surface area contributed by atoms with Gasteiger partial charge in [0.2, 0.25) is 0 Å². The molecule has 0 saturated heterocycles. The zero-order valence-corrected chi connectivity index (χ0v) is 13.4. The van der Waals surface area contributed by atoms with Crippen molar-refractivity contribution in [1.82, 2.24) is 0 Å². The van der Waals surface area contributed by atoms with Crippen LogP contribution in [0.2, 0.25) is 0 Å². The van der Waals surface area contributed by atoms with Crippen LogP contribution in [0, 0.1) is 0 Å². The molecule has 1 N–H and O–H groups in total. The molecule has 0 bridgehead atoms. The highest BCUT2D eigenvalue weighted by Crippen LogP contribution is 2.29. The molecular weight excluding hydrogens is 377 g/mol. The van der Waals surface area contributed by atoms with Crippen LogP contribution in [0.1, 0.15) is 15.9 Å². The number of ether oxygens (including phenoxy) is 2. The quantitative estimate of drug-likeness (QED) is 0.597. The molecule has 0 aliphatic carbocycles. The fourth-order valence-corrected chi connectivity index (χ4v) is 1.95. The number of alkyl halides is 5. The number of hydrogen-bond donors (Lipinski definition) is 1. The molecule has 0 saturated carbocycles. The maximum atomic E-state index is 12.5. The molecule has 1 amide bonds. The van der Waals surface area contributed by atoms with Crippen LogP contribution in [0.4, 0.5) is 27.6 Å². The Hall–Kier alpha value is -3.17. The van der Waals surface area contributed by atoms with Crippen LogP contribution in [0.3, 0.4) is 0 Å². The molecule has 0 heterocycles. The molecule has 0 fully saturated rings. The van der Waals surface area contributed by atoms with Gasteiger partial charge in [0.15, 0.2) is 6.61 Å². The van der Waals surface area contributed by atoms with Crippen molar-refractivity contribution in [2.75, 3.05) is 11.9 Å². The van der Waals surface area contributed by atoms with Crippen LogP contribution >= 0.6 is 0 Å². The van der Waals surface area contributed by atoms with Crippen molar-refractivity contribution in [2.24, 2.45) is 0 Å². The number of carbonyl (C=O) groups is 2. The monoisotopic (exact) mass is 389 g/mol. The minimum atomic E-state index is -4.50. The molecule has 0 unspecified atom stereocenters. The van der Waals surface area contributed by atoms with E-state index in [0.29, 0.717) is 0 Å². The largest absolute Gasteiger partial charge is 0.452 e. The van der Waals surface area contributed by atoms with Gasteiger partial charge in [-0.2, -0.15) is 22.0 Å². The van der Waals surface area contributed by atoms with Gasteiger partial charge < -0.3 is 14.8 Å².